The van der Waals surface area contributed by atoms with Gasteiger partial charge in [-0.3, -0.25) is 0 Å². The van der Waals surface area contributed by atoms with Gasteiger partial charge in [-0.1, -0.05) is 37.6 Å². The topological polar surface area (TPSA) is 96.5 Å². The van der Waals surface area contributed by atoms with Crippen LogP contribution in [0.5, 0.6) is 5.75 Å². The summed E-state index contributed by atoms with van der Waals surface area (Å²) < 4.78 is 29.5. The lowest BCUT2D eigenvalue weighted by Crippen LogP contribution is -2.43. The molecule has 1 aliphatic rings. The van der Waals surface area contributed by atoms with Crippen LogP contribution in [0.2, 0.25) is 0 Å². The van der Waals surface area contributed by atoms with Gasteiger partial charge in [-0.15, -0.1) is 0 Å². The Labute approximate surface area is 270 Å². The number of piperidine rings is 1. The van der Waals surface area contributed by atoms with E-state index < -0.39 is 23.3 Å². The van der Waals surface area contributed by atoms with Gasteiger partial charge >= 0.3 is 5.97 Å². The number of halogens is 1. The zero-order chi connectivity index (χ0) is 33.4. The Hall–Kier alpha value is -3.95. The van der Waals surface area contributed by atoms with E-state index >= 15 is 4.39 Å². The zero-order valence-corrected chi connectivity index (χ0v) is 27.9. The lowest BCUT2D eigenvalue weighted by Gasteiger charge is -2.39. The van der Waals surface area contributed by atoms with Gasteiger partial charge in [-0.2, -0.15) is 5.10 Å². The minimum atomic E-state index is -1.21. The number of carbonyl (C=O) groups is 1. The van der Waals surface area contributed by atoms with Crippen LogP contribution in [0.3, 0.4) is 0 Å². The van der Waals surface area contributed by atoms with Gasteiger partial charge in [0.2, 0.25) is 0 Å². The van der Waals surface area contributed by atoms with Gasteiger partial charge in [0.15, 0.2) is 6.10 Å². The van der Waals surface area contributed by atoms with Crippen molar-refractivity contribution < 1.29 is 28.9 Å². The van der Waals surface area contributed by atoms with Gasteiger partial charge in [-0.05, 0) is 96.2 Å². The van der Waals surface area contributed by atoms with E-state index in [9.17, 15) is 15.0 Å². The maximum Gasteiger partial charge on any atom is 0.337 e. The molecule has 0 saturated carbocycles. The Morgan fingerprint density at radius 3 is 2.43 bits per heavy atom. The van der Waals surface area contributed by atoms with Crippen LogP contribution in [0.4, 0.5) is 10.1 Å². The average Bonchev–Trinajstić information content (AvgIpc) is 3.39. The summed E-state index contributed by atoms with van der Waals surface area (Å²) in [6.07, 6.45) is 3.47. The van der Waals surface area contributed by atoms with Gasteiger partial charge in [-0.25, -0.2) is 13.7 Å². The molecule has 1 saturated heterocycles. The molecular formula is C37H46FN3O5. The monoisotopic (exact) mass is 631 g/mol. The number of ether oxygens (including phenoxy) is 2. The predicted molar refractivity (Wildman–Crippen MR) is 179 cm³/mol. The lowest BCUT2D eigenvalue weighted by molar-refractivity contribution is -0.160. The van der Waals surface area contributed by atoms with E-state index in [0.29, 0.717) is 54.1 Å². The van der Waals surface area contributed by atoms with Crippen molar-refractivity contribution in [2.24, 2.45) is 0 Å². The molecule has 2 N–H and O–H groups in total. The maximum absolute atomic E-state index is 15.4. The van der Waals surface area contributed by atoms with Crippen molar-refractivity contribution in [2.75, 3.05) is 18.0 Å². The molecule has 0 amide bonds. The fraction of sp³-hybridized carbons (Fsp3) is 0.459. The minimum absolute atomic E-state index is 0.0570. The number of hydrogen-bond acceptors (Lipinski definition) is 6. The number of nitrogens with zero attached hydrogens (tertiary/aromatic N) is 3. The quantitative estimate of drug-likeness (QED) is 0.183. The number of aromatic nitrogens is 2. The minimum Gasteiger partial charge on any atom is -0.490 e. The summed E-state index contributed by atoms with van der Waals surface area (Å²) in [5.74, 6) is -0.943. The zero-order valence-electron chi connectivity index (χ0n) is 27.9. The lowest BCUT2D eigenvalue weighted by atomic mass is 9.92. The van der Waals surface area contributed by atoms with Gasteiger partial charge in [0.05, 0.1) is 39.8 Å². The number of hydrogen-bond donors (Lipinski definition) is 2. The van der Waals surface area contributed by atoms with Crippen LogP contribution in [0, 0.1) is 12.7 Å². The highest BCUT2D eigenvalue weighted by molar-refractivity contribution is 5.87. The molecule has 4 aromatic rings. The van der Waals surface area contributed by atoms with Crippen molar-refractivity contribution >= 4 is 17.2 Å². The third-order valence-corrected chi connectivity index (χ3v) is 8.53. The molecule has 8 nitrogen and oxygen atoms in total. The Bertz CT molecular complexity index is 1710. The van der Waals surface area contributed by atoms with Gasteiger partial charge in [0.25, 0.3) is 0 Å². The highest BCUT2D eigenvalue weighted by atomic mass is 19.1. The molecule has 0 aliphatic carbocycles. The van der Waals surface area contributed by atoms with Crippen molar-refractivity contribution in [1.82, 2.24) is 9.61 Å². The summed E-state index contributed by atoms with van der Waals surface area (Å²) in [7, 11) is 0. The van der Waals surface area contributed by atoms with Crippen molar-refractivity contribution in [1.29, 1.82) is 0 Å². The molecule has 1 aliphatic heterocycles. The number of rotatable bonds is 10. The van der Waals surface area contributed by atoms with Crippen LogP contribution in [0.25, 0.3) is 27.9 Å². The standard InChI is InChI=1S/C37H46FN3O5/c1-8-11-24(3)45-30-15-10-14-27(38)32(30)26-13-9-12-25(20-26)28-21-29-33(40-18-16-37(7,44)17-19-40)31(23(2)22-41(29)39-28)34(35(42)43)46-36(4,5)6/h9-10,12-15,20-22,24,34,44H,8,11,16-19H2,1-7H3,(H,42,43)/t24-,34-/m0/s1. The van der Waals surface area contributed by atoms with Gasteiger partial charge in [0, 0.05) is 30.4 Å². The van der Waals surface area contributed by atoms with Crippen LogP contribution < -0.4 is 9.64 Å². The highest BCUT2D eigenvalue weighted by Gasteiger charge is 2.36. The number of aliphatic hydroxyl groups is 1. The summed E-state index contributed by atoms with van der Waals surface area (Å²) in [4.78, 5) is 14.9. The summed E-state index contributed by atoms with van der Waals surface area (Å²) in [5.41, 5.74) is 3.78. The van der Waals surface area contributed by atoms with Crippen LogP contribution in [0.15, 0.2) is 54.7 Å². The first-order valence-electron chi connectivity index (χ1n) is 16.1. The molecule has 2 aromatic heterocycles. The number of anilines is 1. The Morgan fingerprint density at radius 1 is 1.11 bits per heavy atom. The molecular weight excluding hydrogens is 585 g/mol. The fourth-order valence-electron chi connectivity index (χ4n) is 6.25. The molecule has 2 aromatic carbocycles. The highest BCUT2D eigenvalue weighted by Crippen LogP contribution is 2.41. The number of fused-ring (bicyclic) bond motifs is 1. The SMILES string of the molecule is CCC[C@H](C)Oc1cccc(F)c1-c1cccc(-c2cc3c(N4CCC(C)(O)CC4)c([C@H](OC(C)(C)C)C(=O)O)c(C)cn3n2)c1. The van der Waals surface area contributed by atoms with E-state index in [1.807, 2.05) is 78.1 Å². The van der Waals surface area contributed by atoms with E-state index in [4.69, 9.17) is 14.6 Å². The molecule has 246 valence electrons. The third-order valence-electron chi connectivity index (χ3n) is 8.53. The second-order valence-corrected chi connectivity index (χ2v) is 13.8. The number of pyridine rings is 1. The number of aryl methyl sites for hydroxylation is 1. The predicted octanol–water partition coefficient (Wildman–Crippen LogP) is 7.98. The second kappa shape index (κ2) is 13.0. The molecule has 0 spiro atoms. The first kappa shape index (κ1) is 33.4. The van der Waals surface area contributed by atoms with Crippen molar-refractivity contribution in [3.8, 4) is 28.1 Å². The Balaban J connectivity index is 1.65. The third kappa shape index (κ3) is 7.21. The summed E-state index contributed by atoms with van der Waals surface area (Å²) in [6.45, 7) is 14.4. The summed E-state index contributed by atoms with van der Waals surface area (Å²) >= 11 is 0. The largest absolute Gasteiger partial charge is 0.490 e. The second-order valence-electron chi connectivity index (χ2n) is 13.8. The Morgan fingerprint density at radius 2 is 1.78 bits per heavy atom. The van der Waals surface area contributed by atoms with E-state index in [1.165, 1.54) is 6.07 Å². The van der Waals surface area contributed by atoms with Crippen molar-refractivity contribution in [2.45, 2.75) is 97.6 Å². The van der Waals surface area contributed by atoms with E-state index in [1.54, 1.807) is 16.6 Å². The van der Waals surface area contributed by atoms with E-state index in [0.717, 1.165) is 35.2 Å². The normalized spacial score (nSPS) is 16.4. The molecule has 9 heteroatoms. The summed E-state index contributed by atoms with van der Waals surface area (Å²) in [5, 5.41) is 26.0. The van der Waals surface area contributed by atoms with Crippen LogP contribution >= 0.6 is 0 Å². The smallest absolute Gasteiger partial charge is 0.337 e. The van der Waals surface area contributed by atoms with Crippen LogP contribution in [-0.4, -0.2) is 56.2 Å². The van der Waals surface area contributed by atoms with Gasteiger partial charge < -0.3 is 24.6 Å². The molecule has 5 rings (SSSR count). The van der Waals surface area contributed by atoms with E-state index in [2.05, 4.69) is 11.8 Å². The first-order chi connectivity index (χ1) is 21.7. The number of carboxylic acids is 1. The van der Waals surface area contributed by atoms with Crippen molar-refractivity contribution in [3.63, 3.8) is 0 Å². The van der Waals surface area contributed by atoms with Crippen LogP contribution in [0.1, 0.15) is 84.5 Å². The molecule has 0 bridgehead atoms. The first-order valence-corrected chi connectivity index (χ1v) is 16.1. The molecule has 0 unspecified atom stereocenters. The van der Waals surface area contributed by atoms with Crippen molar-refractivity contribution in [3.05, 3.63) is 71.7 Å². The van der Waals surface area contributed by atoms with E-state index in [-0.39, 0.29) is 11.9 Å². The average molecular weight is 632 g/mol. The van der Waals surface area contributed by atoms with Crippen LogP contribution in [-0.2, 0) is 9.53 Å². The molecule has 2 atom stereocenters. The Kier molecular flexibility index (Phi) is 9.47. The number of carboxylic acid groups (broad SMARTS) is 1. The maximum atomic E-state index is 15.4. The molecule has 0 radical (unpaired) electrons. The molecule has 46 heavy (non-hydrogen) atoms. The van der Waals surface area contributed by atoms with Gasteiger partial charge in [0.1, 0.15) is 11.6 Å². The molecule has 1 fully saturated rings. The number of benzene rings is 2. The number of aliphatic carboxylic acids is 1. The molecule has 3 heterocycles. The summed E-state index contributed by atoms with van der Waals surface area (Å²) in [6, 6.07) is 14.4. The fourth-order valence-corrected chi connectivity index (χ4v) is 6.25.